The van der Waals surface area contributed by atoms with Crippen LogP contribution in [0.5, 0.6) is 23.5 Å². The van der Waals surface area contributed by atoms with Gasteiger partial charge in [0.25, 0.3) is 0 Å². The predicted molar refractivity (Wildman–Crippen MR) is 100 cm³/mol. The van der Waals surface area contributed by atoms with E-state index in [0.717, 1.165) is 0 Å². The van der Waals surface area contributed by atoms with Gasteiger partial charge in [0.05, 0.1) is 25.8 Å². The summed E-state index contributed by atoms with van der Waals surface area (Å²) in [6.45, 7) is 0. The summed E-state index contributed by atoms with van der Waals surface area (Å²) in [4.78, 5) is 32.5. The Morgan fingerprint density at radius 3 is 2.21 bits per heavy atom. The molecule has 1 aliphatic carbocycles. The molecule has 0 atom stereocenters. The summed E-state index contributed by atoms with van der Waals surface area (Å²) >= 11 is 6.04. The number of hydrogen-bond donors (Lipinski definition) is 1. The Labute approximate surface area is 165 Å². The number of aromatic nitrogens is 2. The number of hydrogen-bond acceptors (Lipinski definition) is 8. The second-order valence-corrected chi connectivity index (χ2v) is 6.34. The molecular weight excluding hydrogens is 388 g/mol. The molecule has 9 heteroatoms. The molecular formula is C19H17ClN2O6. The van der Waals surface area contributed by atoms with Gasteiger partial charge < -0.3 is 19.3 Å². The minimum atomic E-state index is -0.484. The third-order valence-electron chi connectivity index (χ3n) is 4.08. The molecule has 8 nitrogen and oxygen atoms in total. The van der Waals surface area contributed by atoms with Gasteiger partial charge in [0.15, 0.2) is 11.6 Å². The van der Waals surface area contributed by atoms with Crippen LogP contribution in [0.3, 0.4) is 0 Å². The van der Waals surface area contributed by atoms with E-state index in [0.29, 0.717) is 6.42 Å². The molecule has 1 aromatic heterocycles. The summed E-state index contributed by atoms with van der Waals surface area (Å²) in [6, 6.07) is 5.75. The Morgan fingerprint density at radius 2 is 1.64 bits per heavy atom. The van der Waals surface area contributed by atoms with Crippen LogP contribution < -0.4 is 14.2 Å². The quantitative estimate of drug-likeness (QED) is 0.458. The first-order chi connectivity index (χ1) is 13.4. The number of ketones is 2. The number of benzene rings is 1. The van der Waals surface area contributed by atoms with Crippen LogP contribution in [0.25, 0.3) is 5.76 Å². The number of ether oxygens (including phenoxy) is 3. The molecule has 2 aromatic rings. The van der Waals surface area contributed by atoms with Crippen LogP contribution in [0.2, 0.25) is 5.02 Å². The lowest BCUT2D eigenvalue weighted by molar-refractivity contribution is -0.123. The van der Waals surface area contributed by atoms with Gasteiger partial charge in [0.2, 0.25) is 11.8 Å². The standard InChI is InChI=1S/C19H17ClN2O6/c1-26-15-9-16(27-2)22-19(21-15)28-14-7-6-10(20)8-11(14)18(25)17-12(23)4-3-5-13(17)24/h6-9,25H,3-5H2,1-2H3. The van der Waals surface area contributed by atoms with E-state index in [4.69, 9.17) is 25.8 Å². The molecule has 0 bridgehead atoms. The first-order valence-corrected chi connectivity index (χ1v) is 8.75. The van der Waals surface area contributed by atoms with Crippen molar-refractivity contribution < 1.29 is 28.9 Å². The highest BCUT2D eigenvalue weighted by Gasteiger charge is 2.29. The van der Waals surface area contributed by atoms with Gasteiger partial charge in [-0.05, 0) is 24.6 Å². The molecule has 1 heterocycles. The van der Waals surface area contributed by atoms with Crippen LogP contribution in [0.4, 0.5) is 0 Å². The lowest BCUT2D eigenvalue weighted by Crippen LogP contribution is -2.20. The van der Waals surface area contributed by atoms with Crippen LogP contribution >= 0.6 is 11.6 Å². The van der Waals surface area contributed by atoms with E-state index in [9.17, 15) is 14.7 Å². The van der Waals surface area contributed by atoms with Gasteiger partial charge in [-0.2, -0.15) is 9.97 Å². The molecule has 1 saturated carbocycles. The van der Waals surface area contributed by atoms with E-state index in [2.05, 4.69) is 9.97 Å². The number of carbonyl (C=O) groups excluding carboxylic acids is 2. The number of nitrogens with zero attached hydrogens (tertiary/aromatic N) is 2. The molecule has 146 valence electrons. The van der Waals surface area contributed by atoms with Crippen molar-refractivity contribution in [2.45, 2.75) is 19.3 Å². The molecule has 1 aromatic carbocycles. The minimum absolute atomic E-state index is 0.0801. The number of methoxy groups -OCH3 is 2. The molecule has 1 fully saturated rings. The fourth-order valence-corrected chi connectivity index (χ4v) is 2.90. The Kier molecular flexibility index (Phi) is 5.79. The second-order valence-electron chi connectivity index (χ2n) is 5.90. The van der Waals surface area contributed by atoms with Gasteiger partial charge in [-0.1, -0.05) is 11.6 Å². The smallest absolute Gasteiger partial charge is 0.328 e. The van der Waals surface area contributed by atoms with E-state index in [1.165, 1.54) is 38.5 Å². The Balaban J connectivity index is 2.07. The molecule has 0 amide bonds. The highest BCUT2D eigenvalue weighted by Crippen LogP contribution is 2.34. The maximum Gasteiger partial charge on any atom is 0.328 e. The van der Waals surface area contributed by atoms with Crippen LogP contribution in [0.1, 0.15) is 24.8 Å². The summed E-state index contributed by atoms with van der Waals surface area (Å²) in [6.07, 6.45) is 0.848. The maximum absolute atomic E-state index is 12.2. The van der Waals surface area contributed by atoms with E-state index in [-0.39, 0.29) is 52.5 Å². The van der Waals surface area contributed by atoms with Crippen molar-refractivity contribution in [1.82, 2.24) is 9.97 Å². The molecule has 1 aliphatic rings. The minimum Gasteiger partial charge on any atom is -0.506 e. The van der Waals surface area contributed by atoms with Crippen molar-refractivity contribution in [3.63, 3.8) is 0 Å². The Morgan fingerprint density at radius 1 is 1.04 bits per heavy atom. The fraction of sp³-hybridized carbons (Fsp3) is 0.263. The van der Waals surface area contributed by atoms with Crippen molar-refractivity contribution in [3.05, 3.63) is 40.4 Å². The molecule has 0 radical (unpaired) electrons. The average molecular weight is 405 g/mol. The largest absolute Gasteiger partial charge is 0.506 e. The number of aliphatic hydroxyl groups is 1. The van der Waals surface area contributed by atoms with Gasteiger partial charge in [-0.3, -0.25) is 9.59 Å². The lowest BCUT2D eigenvalue weighted by Gasteiger charge is -2.16. The molecule has 3 rings (SSSR count). The predicted octanol–water partition coefficient (Wildman–Crippen LogP) is 3.53. The van der Waals surface area contributed by atoms with Gasteiger partial charge in [-0.15, -0.1) is 0 Å². The van der Waals surface area contributed by atoms with E-state index >= 15 is 0 Å². The molecule has 0 unspecified atom stereocenters. The normalized spacial score (nSPS) is 14.0. The van der Waals surface area contributed by atoms with Gasteiger partial charge >= 0.3 is 6.01 Å². The van der Waals surface area contributed by atoms with E-state index in [1.807, 2.05) is 0 Å². The third kappa shape index (κ3) is 4.07. The number of aliphatic hydroxyl groups excluding tert-OH is 1. The zero-order valence-electron chi connectivity index (χ0n) is 15.2. The first-order valence-electron chi connectivity index (χ1n) is 8.37. The SMILES string of the molecule is COc1cc(OC)nc(Oc2ccc(Cl)cc2C(O)=C2C(=O)CCCC2=O)n1. The molecule has 28 heavy (non-hydrogen) atoms. The summed E-state index contributed by atoms with van der Waals surface area (Å²) in [5.74, 6) is -0.800. The molecule has 0 spiro atoms. The first kappa shape index (κ1) is 19.6. The highest BCUT2D eigenvalue weighted by molar-refractivity contribution is 6.31. The Hall–Kier alpha value is -3.13. The second kappa shape index (κ2) is 8.26. The number of carbonyl (C=O) groups is 2. The van der Waals surface area contributed by atoms with E-state index < -0.39 is 17.3 Å². The summed E-state index contributed by atoms with van der Waals surface area (Å²) in [7, 11) is 2.85. The summed E-state index contributed by atoms with van der Waals surface area (Å²) in [5.41, 5.74) is -0.168. The van der Waals surface area contributed by atoms with Crippen molar-refractivity contribution >= 4 is 28.9 Å². The zero-order valence-corrected chi connectivity index (χ0v) is 15.9. The lowest BCUT2D eigenvalue weighted by atomic mass is 9.89. The highest BCUT2D eigenvalue weighted by atomic mass is 35.5. The van der Waals surface area contributed by atoms with Crippen molar-refractivity contribution in [1.29, 1.82) is 0 Å². The van der Waals surface area contributed by atoms with Crippen molar-refractivity contribution in [2.75, 3.05) is 14.2 Å². The van der Waals surface area contributed by atoms with E-state index in [1.54, 1.807) is 0 Å². The topological polar surface area (TPSA) is 108 Å². The third-order valence-corrected chi connectivity index (χ3v) is 4.31. The molecule has 1 N–H and O–H groups in total. The zero-order chi connectivity index (χ0) is 20.3. The summed E-state index contributed by atoms with van der Waals surface area (Å²) < 4.78 is 15.8. The van der Waals surface area contributed by atoms with Gasteiger partial charge in [-0.25, -0.2) is 0 Å². The maximum atomic E-state index is 12.2. The number of allylic oxidation sites excluding steroid dienone is 1. The molecule has 0 aliphatic heterocycles. The monoisotopic (exact) mass is 404 g/mol. The van der Waals surface area contributed by atoms with Crippen LogP contribution in [-0.2, 0) is 9.59 Å². The summed E-state index contributed by atoms with van der Waals surface area (Å²) in [5, 5.41) is 11.0. The van der Waals surface area contributed by atoms with Crippen LogP contribution in [0.15, 0.2) is 29.8 Å². The number of Topliss-reactive ketones (excluding diaryl/α,β-unsaturated/α-hetero) is 2. The molecule has 0 saturated heterocycles. The van der Waals surface area contributed by atoms with Crippen LogP contribution in [0, 0.1) is 0 Å². The fourth-order valence-electron chi connectivity index (χ4n) is 2.73. The van der Waals surface area contributed by atoms with Gasteiger partial charge in [0, 0.05) is 17.9 Å². The van der Waals surface area contributed by atoms with Crippen molar-refractivity contribution in [3.8, 4) is 23.5 Å². The van der Waals surface area contributed by atoms with Gasteiger partial charge in [0.1, 0.15) is 17.1 Å². The number of halogens is 1. The average Bonchev–Trinajstić information content (AvgIpc) is 2.68. The Bertz CT molecular complexity index is 933. The van der Waals surface area contributed by atoms with Crippen molar-refractivity contribution in [2.24, 2.45) is 0 Å². The van der Waals surface area contributed by atoms with Crippen LogP contribution in [-0.4, -0.2) is 40.9 Å². The number of rotatable bonds is 5.